The van der Waals surface area contributed by atoms with E-state index >= 15 is 0 Å². The molecule has 0 heterocycles. The molecule has 0 fully saturated rings. The summed E-state index contributed by atoms with van der Waals surface area (Å²) in [5.41, 5.74) is 1.33. The third kappa shape index (κ3) is 7.05. The first-order valence-corrected chi connectivity index (χ1v) is 11.1. The van der Waals surface area contributed by atoms with Gasteiger partial charge in [-0.25, -0.2) is 4.39 Å². The lowest BCUT2D eigenvalue weighted by molar-refractivity contribution is -0.138. The molecular weight excluding hydrogens is 411 g/mol. The van der Waals surface area contributed by atoms with Crippen LogP contribution in [-0.2, 0) is 21.9 Å². The van der Waals surface area contributed by atoms with Gasteiger partial charge in [-0.3, -0.25) is 9.59 Å². The number of hydrogen-bond acceptors (Lipinski definition) is 3. The van der Waals surface area contributed by atoms with Gasteiger partial charge in [0.1, 0.15) is 11.9 Å². The van der Waals surface area contributed by atoms with Crippen molar-refractivity contribution in [1.82, 2.24) is 10.2 Å². The molecule has 0 saturated heterocycles. The highest BCUT2D eigenvalue weighted by Crippen LogP contribution is 2.21. The molecule has 2 amide bonds. The smallest absolute Gasteiger partial charge is 0.242 e. The van der Waals surface area contributed by atoms with Crippen LogP contribution in [0.3, 0.4) is 0 Å². The first-order valence-electron chi connectivity index (χ1n) is 9.55. The third-order valence-electron chi connectivity index (χ3n) is 4.46. The number of halogens is 2. The van der Waals surface area contributed by atoms with Gasteiger partial charge in [0, 0.05) is 23.9 Å². The second-order valence-electron chi connectivity index (χ2n) is 6.66. The summed E-state index contributed by atoms with van der Waals surface area (Å²) in [6, 6.07) is 13.1. The largest absolute Gasteiger partial charge is 0.354 e. The van der Waals surface area contributed by atoms with E-state index in [0.29, 0.717) is 22.9 Å². The van der Waals surface area contributed by atoms with Crippen LogP contribution >= 0.6 is 23.4 Å². The number of nitrogens with one attached hydrogen (secondary N) is 1. The van der Waals surface area contributed by atoms with E-state index in [9.17, 15) is 14.0 Å². The lowest BCUT2D eigenvalue weighted by Crippen LogP contribution is -2.48. The van der Waals surface area contributed by atoms with Crippen molar-refractivity contribution >= 4 is 35.2 Å². The average Bonchev–Trinajstić information content (AvgIpc) is 2.72. The van der Waals surface area contributed by atoms with Gasteiger partial charge in [-0.1, -0.05) is 54.9 Å². The maximum Gasteiger partial charge on any atom is 0.242 e. The van der Waals surface area contributed by atoms with Crippen LogP contribution < -0.4 is 5.32 Å². The van der Waals surface area contributed by atoms with E-state index in [4.69, 9.17) is 11.6 Å². The molecule has 29 heavy (non-hydrogen) atoms. The van der Waals surface area contributed by atoms with Crippen LogP contribution in [0.4, 0.5) is 4.39 Å². The number of amides is 2. The molecule has 1 atom stereocenters. The molecule has 0 spiro atoms. The molecule has 0 aliphatic heterocycles. The number of carbonyl (C=O) groups excluding carboxylic acids is 2. The summed E-state index contributed by atoms with van der Waals surface area (Å²) in [5, 5.41) is 3.38. The molecule has 0 aliphatic carbocycles. The summed E-state index contributed by atoms with van der Waals surface area (Å²) < 4.78 is 13.8. The quantitative estimate of drug-likeness (QED) is 0.589. The molecule has 0 aliphatic rings. The van der Waals surface area contributed by atoms with Gasteiger partial charge < -0.3 is 10.2 Å². The van der Waals surface area contributed by atoms with Crippen LogP contribution in [0, 0.1) is 5.82 Å². The van der Waals surface area contributed by atoms with Gasteiger partial charge in [-0.05, 0) is 36.6 Å². The zero-order valence-electron chi connectivity index (χ0n) is 16.7. The number of nitrogens with zero attached hydrogens (tertiary/aromatic N) is 1. The number of rotatable bonds is 10. The van der Waals surface area contributed by atoms with Crippen molar-refractivity contribution in [3.05, 3.63) is 70.5 Å². The van der Waals surface area contributed by atoms with Gasteiger partial charge in [0.2, 0.25) is 11.8 Å². The average molecular weight is 437 g/mol. The molecule has 4 nitrogen and oxygen atoms in total. The van der Waals surface area contributed by atoms with Gasteiger partial charge in [-0.15, -0.1) is 11.8 Å². The van der Waals surface area contributed by atoms with Gasteiger partial charge in [0.05, 0.1) is 5.75 Å². The lowest BCUT2D eigenvalue weighted by Gasteiger charge is -2.29. The topological polar surface area (TPSA) is 49.4 Å². The maximum atomic E-state index is 13.8. The summed E-state index contributed by atoms with van der Waals surface area (Å²) >= 11 is 7.58. The Kier molecular flexibility index (Phi) is 9.48. The normalized spacial score (nSPS) is 11.7. The van der Waals surface area contributed by atoms with Crippen molar-refractivity contribution in [3.63, 3.8) is 0 Å². The second kappa shape index (κ2) is 11.8. The van der Waals surface area contributed by atoms with E-state index in [0.717, 1.165) is 12.0 Å². The summed E-state index contributed by atoms with van der Waals surface area (Å²) in [4.78, 5) is 26.9. The minimum Gasteiger partial charge on any atom is -0.354 e. The van der Waals surface area contributed by atoms with Crippen molar-refractivity contribution in [2.75, 3.05) is 12.3 Å². The number of benzene rings is 2. The predicted octanol–water partition coefficient (Wildman–Crippen LogP) is 4.66. The van der Waals surface area contributed by atoms with Crippen LogP contribution in [0.15, 0.2) is 48.5 Å². The molecule has 0 radical (unpaired) electrons. The number of thioether (sulfide) groups is 1. The highest BCUT2D eigenvalue weighted by Gasteiger charge is 2.26. The van der Waals surface area contributed by atoms with E-state index in [2.05, 4.69) is 5.32 Å². The summed E-state index contributed by atoms with van der Waals surface area (Å²) in [6.07, 6.45) is 0.815. The monoisotopic (exact) mass is 436 g/mol. The SMILES string of the molecule is CCCNC(=O)[C@@H](C)N(Cc1ccccc1Cl)C(=O)CSCc1ccccc1F. The fourth-order valence-electron chi connectivity index (χ4n) is 2.74. The Morgan fingerprint density at radius 3 is 2.45 bits per heavy atom. The van der Waals surface area contributed by atoms with E-state index in [1.807, 2.05) is 25.1 Å². The Bertz CT molecular complexity index is 834. The molecule has 0 saturated carbocycles. The number of hydrogen-bond donors (Lipinski definition) is 1. The minimum atomic E-state index is -0.639. The Morgan fingerprint density at radius 2 is 1.79 bits per heavy atom. The molecule has 2 aromatic carbocycles. The highest BCUT2D eigenvalue weighted by molar-refractivity contribution is 7.99. The maximum absolute atomic E-state index is 13.8. The summed E-state index contributed by atoms with van der Waals surface area (Å²) in [5.74, 6) is -0.150. The van der Waals surface area contributed by atoms with Crippen molar-refractivity contribution in [3.8, 4) is 0 Å². The molecular formula is C22H26ClFN2O2S. The van der Waals surface area contributed by atoms with E-state index in [1.54, 1.807) is 31.2 Å². The highest BCUT2D eigenvalue weighted by atomic mass is 35.5. The van der Waals surface area contributed by atoms with Crippen LogP contribution in [0.25, 0.3) is 0 Å². The van der Waals surface area contributed by atoms with E-state index in [1.165, 1.54) is 22.7 Å². The standard InChI is InChI=1S/C22H26ClFN2O2S/c1-3-12-25-22(28)16(2)26(13-17-8-4-6-10-19(17)23)21(27)15-29-14-18-9-5-7-11-20(18)24/h4-11,16H,3,12-15H2,1-2H3,(H,25,28)/t16-/m1/s1. The van der Waals surface area contributed by atoms with Crippen molar-refractivity contribution < 1.29 is 14.0 Å². The van der Waals surface area contributed by atoms with Crippen molar-refractivity contribution in [1.29, 1.82) is 0 Å². The second-order valence-corrected chi connectivity index (χ2v) is 8.06. The molecule has 2 aromatic rings. The van der Waals surface area contributed by atoms with E-state index < -0.39 is 6.04 Å². The molecule has 0 unspecified atom stereocenters. The molecule has 7 heteroatoms. The Labute approximate surface area is 180 Å². The third-order valence-corrected chi connectivity index (χ3v) is 5.79. The first-order chi connectivity index (χ1) is 13.9. The van der Waals surface area contributed by atoms with Crippen LogP contribution in [0.5, 0.6) is 0 Å². The Balaban J connectivity index is 2.08. The van der Waals surface area contributed by atoms with Gasteiger partial charge in [0.25, 0.3) is 0 Å². The fourth-order valence-corrected chi connectivity index (χ4v) is 3.83. The predicted molar refractivity (Wildman–Crippen MR) is 117 cm³/mol. The Hall–Kier alpha value is -2.05. The van der Waals surface area contributed by atoms with Crippen molar-refractivity contribution in [2.45, 2.75) is 38.6 Å². The molecule has 0 aromatic heterocycles. The van der Waals surface area contributed by atoms with Crippen molar-refractivity contribution in [2.24, 2.45) is 0 Å². The first kappa shape index (κ1) is 23.2. The summed E-state index contributed by atoms with van der Waals surface area (Å²) in [6.45, 7) is 4.47. The van der Waals surface area contributed by atoms with Gasteiger partial charge >= 0.3 is 0 Å². The van der Waals surface area contributed by atoms with Crippen LogP contribution in [0.1, 0.15) is 31.4 Å². The van der Waals surface area contributed by atoms with Crippen LogP contribution in [-0.4, -0.2) is 35.1 Å². The van der Waals surface area contributed by atoms with E-state index in [-0.39, 0.29) is 29.9 Å². The summed E-state index contributed by atoms with van der Waals surface area (Å²) in [7, 11) is 0. The van der Waals surface area contributed by atoms with Gasteiger partial charge in [-0.2, -0.15) is 0 Å². The van der Waals surface area contributed by atoms with Gasteiger partial charge in [0.15, 0.2) is 0 Å². The zero-order valence-corrected chi connectivity index (χ0v) is 18.2. The zero-order chi connectivity index (χ0) is 21.2. The molecule has 156 valence electrons. The number of carbonyl (C=O) groups is 2. The Morgan fingerprint density at radius 1 is 1.14 bits per heavy atom. The molecule has 2 rings (SSSR count). The van der Waals surface area contributed by atoms with Crippen LogP contribution in [0.2, 0.25) is 5.02 Å². The lowest BCUT2D eigenvalue weighted by atomic mass is 10.1. The molecule has 0 bridgehead atoms. The minimum absolute atomic E-state index is 0.143. The molecule has 1 N–H and O–H groups in total. The fraction of sp³-hybridized carbons (Fsp3) is 0.364.